The first-order valence-corrected chi connectivity index (χ1v) is 9.88. The summed E-state index contributed by atoms with van der Waals surface area (Å²) in [5.41, 5.74) is 1.43. The molecule has 0 saturated carbocycles. The zero-order valence-corrected chi connectivity index (χ0v) is 15.9. The fourth-order valence-corrected chi connectivity index (χ4v) is 3.32. The minimum Gasteiger partial charge on any atom is -0.493 e. The van der Waals surface area contributed by atoms with E-state index in [1.807, 2.05) is 18.2 Å². The van der Waals surface area contributed by atoms with Crippen molar-refractivity contribution in [3.05, 3.63) is 53.6 Å². The lowest BCUT2D eigenvalue weighted by Gasteiger charge is -2.10. The average Bonchev–Trinajstić information content (AvgIpc) is 2.67. The Morgan fingerprint density at radius 3 is 2.23 bits per heavy atom. The molecule has 0 aliphatic heterocycles. The van der Waals surface area contributed by atoms with Crippen LogP contribution in [0.4, 0.5) is 0 Å². The van der Waals surface area contributed by atoms with Crippen LogP contribution in [0, 0.1) is 0 Å². The van der Waals surface area contributed by atoms with Crippen molar-refractivity contribution in [3.63, 3.8) is 0 Å². The van der Waals surface area contributed by atoms with Gasteiger partial charge in [0.1, 0.15) is 0 Å². The van der Waals surface area contributed by atoms with Gasteiger partial charge in [0.2, 0.25) is 0 Å². The molecule has 0 heterocycles. The fourth-order valence-electron chi connectivity index (χ4n) is 2.44. The van der Waals surface area contributed by atoms with Crippen LogP contribution in [-0.2, 0) is 16.3 Å². The molecular formula is C19H23NO5S. The average molecular weight is 377 g/mol. The predicted molar refractivity (Wildman–Crippen MR) is 99.8 cm³/mol. The summed E-state index contributed by atoms with van der Waals surface area (Å²) in [7, 11) is -0.107. The number of sulfone groups is 1. The molecule has 2 aromatic rings. The SMILES string of the molecule is CCS(=O)(=O)c1ccc(C(=O)NCCc2ccc(OC)c(OC)c2)cc1. The Hall–Kier alpha value is -2.54. The molecule has 140 valence electrons. The van der Waals surface area contributed by atoms with Crippen molar-refractivity contribution in [2.75, 3.05) is 26.5 Å². The van der Waals surface area contributed by atoms with Gasteiger partial charge in [-0.2, -0.15) is 0 Å². The third-order valence-corrected chi connectivity index (χ3v) is 5.75. The molecular weight excluding hydrogens is 354 g/mol. The molecule has 0 fully saturated rings. The highest BCUT2D eigenvalue weighted by molar-refractivity contribution is 7.91. The number of carbonyl (C=O) groups excluding carboxylic acids is 1. The summed E-state index contributed by atoms with van der Waals surface area (Å²) in [6.45, 7) is 2.04. The molecule has 2 rings (SSSR count). The number of ether oxygens (including phenoxy) is 2. The third kappa shape index (κ3) is 4.76. The van der Waals surface area contributed by atoms with E-state index in [0.29, 0.717) is 30.0 Å². The van der Waals surface area contributed by atoms with Crippen molar-refractivity contribution >= 4 is 15.7 Å². The summed E-state index contributed by atoms with van der Waals surface area (Å²) in [6, 6.07) is 11.6. The zero-order chi connectivity index (χ0) is 19.2. The van der Waals surface area contributed by atoms with Gasteiger partial charge in [0.15, 0.2) is 21.3 Å². The van der Waals surface area contributed by atoms with Gasteiger partial charge in [0.05, 0.1) is 24.9 Å². The van der Waals surface area contributed by atoms with Crippen molar-refractivity contribution in [2.24, 2.45) is 0 Å². The van der Waals surface area contributed by atoms with E-state index in [-0.39, 0.29) is 16.6 Å². The molecule has 0 radical (unpaired) electrons. The van der Waals surface area contributed by atoms with Crippen molar-refractivity contribution in [1.29, 1.82) is 0 Å². The minimum absolute atomic E-state index is 0.0316. The molecule has 2 aromatic carbocycles. The van der Waals surface area contributed by atoms with E-state index >= 15 is 0 Å². The number of carbonyl (C=O) groups is 1. The molecule has 0 aromatic heterocycles. The lowest BCUT2D eigenvalue weighted by Crippen LogP contribution is -2.25. The highest BCUT2D eigenvalue weighted by Gasteiger charge is 2.12. The van der Waals surface area contributed by atoms with Crippen LogP contribution in [0.1, 0.15) is 22.8 Å². The van der Waals surface area contributed by atoms with Crippen molar-refractivity contribution in [2.45, 2.75) is 18.2 Å². The fraction of sp³-hybridized carbons (Fsp3) is 0.316. The van der Waals surface area contributed by atoms with E-state index in [4.69, 9.17) is 9.47 Å². The molecule has 1 N–H and O–H groups in total. The summed E-state index contributed by atoms with van der Waals surface area (Å²) in [6.07, 6.45) is 0.633. The van der Waals surface area contributed by atoms with Crippen molar-refractivity contribution < 1.29 is 22.7 Å². The summed E-state index contributed by atoms with van der Waals surface area (Å²) in [5.74, 6) is 1.08. The normalized spacial score (nSPS) is 11.0. The van der Waals surface area contributed by atoms with Gasteiger partial charge < -0.3 is 14.8 Å². The molecule has 26 heavy (non-hydrogen) atoms. The van der Waals surface area contributed by atoms with Crippen LogP contribution in [0.5, 0.6) is 11.5 Å². The van der Waals surface area contributed by atoms with Gasteiger partial charge in [-0.05, 0) is 48.4 Å². The lowest BCUT2D eigenvalue weighted by molar-refractivity contribution is 0.0954. The number of rotatable bonds is 8. The van der Waals surface area contributed by atoms with E-state index < -0.39 is 9.84 Å². The van der Waals surface area contributed by atoms with Gasteiger partial charge in [0.25, 0.3) is 5.91 Å². The Morgan fingerprint density at radius 1 is 1.00 bits per heavy atom. The maximum atomic E-state index is 12.2. The largest absolute Gasteiger partial charge is 0.493 e. The molecule has 7 heteroatoms. The van der Waals surface area contributed by atoms with Gasteiger partial charge >= 0.3 is 0 Å². The first-order valence-electron chi connectivity index (χ1n) is 8.23. The maximum Gasteiger partial charge on any atom is 0.251 e. The zero-order valence-electron chi connectivity index (χ0n) is 15.1. The van der Waals surface area contributed by atoms with Gasteiger partial charge in [0, 0.05) is 12.1 Å². The lowest BCUT2D eigenvalue weighted by atomic mass is 10.1. The van der Waals surface area contributed by atoms with Crippen molar-refractivity contribution in [1.82, 2.24) is 5.32 Å². The second-order valence-corrected chi connectivity index (χ2v) is 7.90. The van der Waals surface area contributed by atoms with Crippen molar-refractivity contribution in [3.8, 4) is 11.5 Å². The second kappa shape index (κ2) is 8.71. The Kier molecular flexibility index (Phi) is 6.63. The predicted octanol–water partition coefficient (Wildman–Crippen LogP) is 2.47. The summed E-state index contributed by atoms with van der Waals surface area (Å²) in [4.78, 5) is 12.4. The Balaban J connectivity index is 1.95. The quantitative estimate of drug-likeness (QED) is 0.764. The minimum atomic E-state index is -3.26. The van der Waals surface area contributed by atoms with Crippen LogP contribution in [0.2, 0.25) is 0 Å². The molecule has 0 aliphatic carbocycles. The molecule has 6 nitrogen and oxygen atoms in total. The molecule has 0 saturated heterocycles. The Labute approximate surface area is 154 Å². The molecule has 0 spiro atoms. The molecule has 0 atom stereocenters. The van der Waals surface area contributed by atoms with Crippen LogP contribution in [0.15, 0.2) is 47.4 Å². The van der Waals surface area contributed by atoms with E-state index in [1.54, 1.807) is 21.1 Å². The highest BCUT2D eigenvalue weighted by atomic mass is 32.2. The number of methoxy groups -OCH3 is 2. The summed E-state index contributed by atoms with van der Waals surface area (Å²) in [5, 5.41) is 2.83. The van der Waals surface area contributed by atoms with Crippen LogP contribution in [0.3, 0.4) is 0 Å². The standard InChI is InChI=1S/C19H23NO5S/c1-4-26(22,23)16-8-6-15(7-9-16)19(21)20-12-11-14-5-10-17(24-2)18(13-14)25-3/h5-10,13H,4,11-12H2,1-3H3,(H,20,21). The van der Waals surface area contributed by atoms with Gasteiger partial charge in [-0.25, -0.2) is 8.42 Å². The topological polar surface area (TPSA) is 81.7 Å². The number of amides is 1. The molecule has 0 aliphatic rings. The Morgan fingerprint density at radius 2 is 1.65 bits per heavy atom. The number of hydrogen-bond acceptors (Lipinski definition) is 5. The monoisotopic (exact) mass is 377 g/mol. The summed E-state index contributed by atoms with van der Waals surface area (Å²) < 4.78 is 34.0. The Bertz CT molecular complexity index is 860. The van der Waals surface area contributed by atoms with Crippen LogP contribution in [-0.4, -0.2) is 40.8 Å². The second-order valence-electron chi connectivity index (χ2n) is 5.62. The molecule has 0 bridgehead atoms. The highest BCUT2D eigenvalue weighted by Crippen LogP contribution is 2.27. The van der Waals surface area contributed by atoms with Crippen LogP contribution >= 0.6 is 0 Å². The number of hydrogen-bond donors (Lipinski definition) is 1. The van der Waals surface area contributed by atoms with E-state index in [9.17, 15) is 13.2 Å². The third-order valence-electron chi connectivity index (χ3n) is 4.00. The van der Waals surface area contributed by atoms with E-state index in [0.717, 1.165) is 5.56 Å². The summed E-state index contributed by atoms with van der Waals surface area (Å²) >= 11 is 0. The molecule has 0 unspecified atom stereocenters. The van der Waals surface area contributed by atoms with E-state index in [1.165, 1.54) is 24.3 Å². The number of nitrogens with one attached hydrogen (secondary N) is 1. The van der Waals surface area contributed by atoms with E-state index in [2.05, 4.69) is 5.32 Å². The smallest absolute Gasteiger partial charge is 0.251 e. The van der Waals surface area contributed by atoms with Gasteiger partial charge in [-0.3, -0.25) is 4.79 Å². The first-order chi connectivity index (χ1) is 12.4. The molecule has 1 amide bonds. The van der Waals surface area contributed by atoms with Gasteiger partial charge in [-0.1, -0.05) is 13.0 Å². The van der Waals surface area contributed by atoms with Crippen LogP contribution in [0.25, 0.3) is 0 Å². The number of benzene rings is 2. The maximum absolute atomic E-state index is 12.2. The van der Waals surface area contributed by atoms with Gasteiger partial charge in [-0.15, -0.1) is 0 Å². The van der Waals surface area contributed by atoms with Crippen LogP contribution < -0.4 is 14.8 Å². The first kappa shape index (κ1) is 19.8.